The van der Waals surface area contributed by atoms with Gasteiger partial charge in [0.2, 0.25) is 0 Å². The molecule has 76 valence electrons. The van der Waals surface area contributed by atoms with Gasteiger partial charge in [0, 0.05) is 6.42 Å². The van der Waals surface area contributed by atoms with Crippen LogP contribution in [0.3, 0.4) is 0 Å². The van der Waals surface area contributed by atoms with E-state index in [2.05, 4.69) is 15.9 Å². The van der Waals surface area contributed by atoms with Crippen LogP contribution in [0.1, 0.15) is 5.56 Å². The van der Waals surface area contributed by atoms with Crippen LogP contribution in [0.25, 0.3) is 0 Å². The number of aliphatic carboxylic acids is 1. The van der Waals surface area contributed by atoms with E-state index < -0.39 is 12.1 Å². The number of rotatable bonds is 3. The van der Waals surface area contributed by atoms with Crippen LogP contribution < -0.4 is 0 Å². The first-order chi connectivity index (χ1) is 6.50. The molecular weight excluding hydrogens is 252 g/mol. The Kier molecular flexibility index (Phi) is 3.49. The van der Waals surface area contributed by atoms with Gasteiger partial charge in [0.15, 0.2) is 6.10 Å². The molecule has 0 heterocycles. The van der Waals surface area contributed by atoms with Crippen molar-refractivity contribution in [3.05, 3.63) is 28.2 Å². The van der Waals surface area contributed by atoms with E-state index in [0.717, 1.165) is 0 Å². The number of carboxylic acids is 1. The van der Waals surface area contributed by atoms with Crippen molar-refractivity contribution in [2.75, 3.05) is 0 Å². The summed E-state index contributed by atoms with van der Waals surface area (Å²) < 4.78 is 0.479. The normalized spacial score (nSPS) is 12.4. The Bertz CT molecular complexity index is 351. The maximum atomic E-state index is 10.3. The van der Waals surface area contributed by atoms with Gasteiger partial charge in [-0.1, -0.05) is 6.07 Å². The Labute approximate surface area is 88.9 Å². The average molecular weight is 261 g/mol. The number of phenols is 1. The Morgan fingerprint density at radius 1 is 1.50 bits per heavy atom. The number of carboxylic acid groups (broad SMARTS) is 1. The molecular formula is C9H9BrO4. The number of hydrogen-bond acceptors (Lipinski definition) is 3. The van der Waals surface area contributed by atoms with E-state index in [9.17, 15) is 4.79 Å². The molecule has 0 saturated heterocycles. The lowest BCUT2D eigenvalue weighted by molar-refractivity contribution is -0.146. The quantitative estimate of drug-likeness (QED) is 0.762. The summed E-state index contributed by atoms with van der Waals surface area (Å²) in [5.41, 5.74) is 0.643. The van der Waals surface area contributed by atoms with Gasteiger partial charge in [0.25, 0.3) is 0 Å². The molecule has 14 heavy (non-hydrogen) atoms. The number of phenolic OH excluding ortho intramolecular Hbond substituents is 1. The van der Waals surface area contributed by atoms with Crippen LogP contribution in [0, 0.1) is 0 Å². The number of aliphatic hydroxyl groups is 1. The maximum absolute atomic E-state index is 10.3. The molecule has 1 aromatic rings. The van der Waals surface area contributed by atoms with Crippen LogP contribution in [-0.4, -0.2) is 27.4 Å². The molecule has 0 bridgehead atoms. The summed E-state index contributed by atoms with van der Waals surface area (Å²) in [7, 11) is 0. The van der Waals surface area contributed by atoms with Crippen molar-refractivity contribution in [1.29, 1.82) is 0 Å². The van der Waals surface area contributed by atoms with Crippen LogP contribution in [0.15, 0.2) is 22.7 Å². The van der Waals surface area contributed by atoms with Gasteiger partial charge in [-0.15, -0.1) is 0 Å². The smallest absolute Gasteiger partial charge is 0.332 e. The van der Waals surface area contributed by atoms with Crippen LogP contribution in [0.4, 0.5) is 0 Å². The lowest BCUT2D eigenvalue weighted by atomic mass is 10.1. The second kappa shape index (κ2) is 4.43. The number of halogens is 1. The molecule has 0 aliphatic rings. The first-order valence-electron chi connectivity index (χ1n) is 3.89. The molecule has 0 fully saturated rings. The topological polar surface area (TPSA) is 77.8 Å². The SMILES string of the molecule is O=C(O)[C@H](O)Cc1ccc(O)c(Br)c1. The van der Waals surface area contributed by atoms with E-state index in [1.54, 1.807) is 12.1 Å². The number of hydrogen-bond donors (Lipinski definition) is 3. The Balaban J connectivity index is 2.78. The highest BCUT2D eigenvalue weighted by Crippen LogP contribution is 2.24. The highest BCUT2D eigenvalue weighted by Gasteiger charge is 2.14. The van der Waals surface area contributed by atoms with Gasteiger partial charge in [-0.3, -0.25) is 0 Å². The molecule has 1 rings (SSSR count). The van der Waals surface area contributed by atoms with Gasteiger partial charge >= 0.3 is 5.97 Å². The van der Waals surface area contributed by atoms with E-state index >= 15 is 0 Å². The average Bonchev–Trinajstić information content (AvgIpc) is 2.11. The molecule has 4 nitrogen and oxygen atoms in total. The number of benzene rings is 1. The Morgan fingerprint density at radius 2 is 2.14 bits per heavy atom. The minimum Gasteiger partial charge on any atom is -0.507 e. The van der Waals surface area contributed by atoms with Gasteiger partial charge < -0.3 is 15.3 Å². The molecule has 0 saturated carbocycles. The summed E-state index contributed by atoms with van der Waals surface area (Å²) in [4.78, 5) is 10.3. The molecule has 3 N–H and O–H groups in total. The summed E-state index contributed by atoms with van der Waals surface area (Å²) in [5, 5.41) is 26.7. The summed E-state index contributed by atoms with van der Waals surface area (Å²) in [5.74, 6) is -1.17. The number of aromatic hydroxyl groups is 1. The first kappa shape index (κ1) is 11.0. The minimum absolute atomic E-state index is 0.0220. The van der Waals surface area contributed by atoms with Gasteiger partial charge in [0.05, 0.1) is 4.47 Å². The summed E-state index contributed by atoms with van der Waals surface area (Å²) in [6.07, 6.45) is -1.39. The van der Waals surface area contributed by atoms with Crippen LogP contribution in [0.2, 0.25) is 0 Å². The highest BCUT2D eigenvalue weighted by molar-refractivity contribution is 9.10. The van der Waals surface area contributed by atoms with Crippen molar-refractivity contribution in [2.24, 2.45) is 0 Å². The molecule has 0 aromatic heterocycles. The monoisotopic (exact) mass is 260 g/mol. The second-order valence-electron chi connectivity index (χ2n) is 2.84. The van der Waals surface area contributed by atoms with E-state index in [0.29, 0.717) is 10.0 Å². The molecule has 1 aromatic carbocycles. The summed E-state index contributed by atoms with van der Waals surface area (Å²) in [6, 6.07) is 4.57. The minimum atomic E-state index is -1.41. The van der Waals surface area contributed by atoms with Crippen molar-refractivity contribution < 1.29 is 20.1 Å². The molecule has 0 amide bonds. The van der Waals surface area contributed by atoms with Gasteiger partial charge in [-0.25, -0.2) is 4.79 Å². The first-order valence-corrected chi connectivity index (χ1v) is 4.68. The van der Waals surface area contributed by atoms with Crippen LogP contribution in [0.5, 0.6) is 5.75 Å². The fourth-order valence-electron chi connectivity index (χ4n) is 0.988. The third-order valence-corrected chi connectivity index (χ3v) is 2.36. The van der Waals surface area contributed by atoms with Gasteiger partial charge in [0.1, 0.15) is 5.75 Å². The van der Waals surface area contributed by atoms with Gasteiger partial charge in [-0.05, 0) is 33.6 Å². The van der Waals surface area contributed by atoms with Gasteiger partial charge in [-0.2, -0.15) is 0 Å². The Morgan fingerprint density at radius 3 is 2.64 bits per heavy atom. The molecule has 5 heteroatoms. The summed E-state index contributed by atoms with van der Waals surface area (Å²) >= 11 is 3.09. The van der Waals surface area contributed by atoms with E-state index in [4.69, 9.17) is 15.3 Å². The Hall–Kier alpha value is -1.07. The largest absolute Gasteiger partial charge is 0.507 e. The van der Waals surface area contributed by atoms with Crippen molar-refractivity contribution >= 4 is 21.9 Å². The lowest BCUT2D eigenvalue weighted by Gasteiger charge is -2.06. The molecule has 0 unspecified atom stereocenters. The highest BCUT2D eigenvalue weighted by atomic mass is 79.9. The van der Waals surface area contributed by atoms with Crippen molar-refractivity contribution in [3.8, 4) is 5.75 Å². The zero-order chi connectivity index (χ0) is 10.7. The van der Waals surface area contributed by atoms with Crippen molar-refractivity contribution in [3.63, 3.8) is 0 Å². The lowest BCUT2D eigenvalue weighted by Crippen LogP contribution is -2.21. The predicted octanol–water partition coefficient (Wildman–Crippen LogP) is 1.14. The predicted molar refractivity (Wildman–Crippen MR) is 53.2 cm³/mol. The van der Waals surface area contributed by atoms with Crippen LogP contribution in [-0.2, 0) is 11.2 Å². The summed E-state index contributed by atoms with van der Waals surface area (Å²) in [6.45, 7) is 0. The van der Waals surface area contributed by atoms with Crippen molar-refractivity contribution in [2.45, 2.75) is 12.5 Å². The molecule has 1 atom stereocenters. The standard InChI is InChI=1S/C9H9BrO4/c10-6-3-5(1-2-7(6)11)4-8(12)9(13)14/h1-3,8,11-12H,4H2,(H,13,14)/t8-/m1/s1. The second-order valence-corrected chi connectivity index (χ2v) is 3.70. The fourth-order valence-corrected chi connectivity index (χ4v) is 1.41. The molecule has 0 radical (unpaired) electrons. The third-order valence-electron chi connectivity index (χ3n) is 1.73. The molecule has 0 spiro atoms. The number of aliphatic hydroxyl groups excluding tert-OH is 1. The molecule has 0 aliphatic heterocycles. The van der Waals surface area contributed by atoms with E-state index in [1.807, 2.05) is 0 Å². The fraction of sp³-hybridized carbons (Fsp3) is 0.222. The van der Waals surface area contributed by atoms with E-state index in [1.165, 1.54) is 6.07 Å². The zero-order valence-corrected chi connectivity index (χ0v) is 8.73. The third kappa shape index (κ3) is 2.71. The molecule has 0 aliphatic carbocycles. The zero-order valence-electron chi connectivity index (χ0n) is 7.14. The van der Waals surface area contributed by atoms with Crippen LogP contribution >= 0.6 is 15.9 Å². The van der Waals surface area contributed by atoms with E-state index in [-0.39, 0.29) is 12.2 Å². The maximum Gasteiger partial charge on any atom is 0.332 e. The van der Waals surface area contributed by atoms with Crippen molar-refractivity contribution in [1.82, 2.24) is 0 Å². The number of carbonyl (C=O) groups is 1.